The molecule has 2 heterocycles. The largest absolute Gasteiger partial charge is 0.365 e. The molecular formula is C19H17F2N3. The standard InChI is InChI=1S/C19H17F2N3/c1-23-18-12-24(16-8-6-15(21)7-9-16)11-10-17(18)22-19(23)13-2-4-14(20)5-3-13/h2-9H,10-12H2,1H3. The Labute approximate surface area is 139 Å². The summed E-state index contributed by atoms with van der Waals surface area (Å²) < 4.78 is 28.3. The van der Waals surface area contributed by atoms with Crippen LogP contribution in [0.2, 0.25) is 0 Å². The molecule has 0 saturated carbocycles. The summed E-state index contributed by atoms with van der Waals surface area (Å²) >= 11 is 0. The average Bonchev–Trinajstić information content (AvgIpc) is 2.93. The average molecular weight is 325 g/mol. The number of halogens is 2. The predicted octanol–water partition coefficient (Wildman–Crippen LogP) is 3.93. The highest BCUT2D eigenvalue weighted by molar-refractivity contribution is 5.58. The van der Waals surface area contributed by atoms with E-state index in [0.717, 1.165) is 48.0 Å². The van der Waals surface area contributed by atoms with E-state index in [0.29, 0.717) is 0 Å². The predicted molar refractivity (Wildman–Crippen MR) is 89.8 cm³/mol. The van der Waals surface area contributed by atoms with E-state index >= 15 is 0 Å². The van der Waals surface area contributed by atoms with Crippen molar-refractivity contribution < 1.29 is 8.78 Å². The minimum Gasteiger partial charge on any atom is -0.365 e. The van der Waals surface area contributed by atoms with Crippen molar-refractivity contribution in [3.05, 3.63) is 71.6 Å². The number of benzene rings is 2. The summed E-state index contributed by atoms with van der Waals surface area (Å²) in [6, 6.07) is 13.0. The van der Waals surface area contributed by atoms with Crippen LogP contribution in [-0.2, 0) is 20.0 Å². The Hall–Kier alpha value is -2.69. The van der Waals surface area contributed by atoms with E-state index in [1.54, 1.807) is 24.3 Å². The Kier molecular flexibility index (Phi) is 3.56. The molecule has 0 N–H and O–H groups in total. The molecule has 1 aliphatic heterocycles. The van der Waals surface area contributed by atoms with Crippen LogP contribution in [0, 0.1) is 11.6 Å². The van der Waals surface area contributed by atoms with Crippen LogP contribution in [0.5, 0.6) is 0 Å². The maximum absolute atomic E-state index is 13.1. The smallest absolute Gasteiger partial charge is 0.140 e. The van der Waals surface area contributed by atoms with Crippen molar-refractivity contribution in [3.8, 4) is 11.4 Å². The topological polar surface area (TPSA) is 21.1 Å². The van der Waals surface area contributed by atoms with Gasteiger partial charge in [-0.1, -0.05) is 0 Å². The number of nitrogens with zero attached hydrogens (tertiary/aromatic N) is 3. The van der Waals surface area contributed by atoms with Crippen molar-refractivity contribution in [3.63, 3.8) is 0 Å². The van der Waals surface area contributed by atoms with Crippen LogP contribution in [0.1, 0.15) is 11.4 Å². The van der Waals surface area contributed by atoms with E-state index in [1.807, 2.05) is 7.05 Å². The second kappa shape index (κ2) is 5.74. The fourth-order valence-electron chi connectivity index (χ4n) is 3.22. The molecule has 0 fully saturated rings. The van der Waals surface area contributed by atoms with E-state index in [4.69, 9.17) is 4.98 Å². The molecular weight excluding hydrogens is 308 g/mol. The zero-order valence-electron chi connectivity index (χ0n) is 13.3. The molecule has 0 atom stereocenters. The number of anilines is 1. The first-order valence-electron chi connectivity index (χ1n) is 7.93. The fourth-order valence-corrected chi connectivity index (χ4v) is 3.22. The second-order valence-electron chi connectivity index (χ2n) is 6.04. The van der Waals surface area contributed by atoms with E-state index in [2.05, 4.69) is 9.47 Å². The second-order valence-corrected chi connectivity index (χ2v) is 6.04. The van der Waals surface area contributed by atoms with Gasteiger partial charge in [-0.3, -0.25) is 0 Å². The number of hydrogen-bond acceptors (Lipinski definition) is 2. The lowest BCUT2D eigenvalue weighted by atomic mass is 10.1. The highest BCUT2D eigenvalue weighted by atomic mass is 19.1. The van der Waals surface area contributed by atoms with Gasteiger partial charge in [0, 0.05) is 31.3 Å². The van der Waals surface area contributed by atoms with E-state index in [1.165, 1.54) is 24.3 Å². The normalized spacial score (nSPS) is 13.9. The minimum absolute atomic E-state index is 0.226. The minimum atomic E-state index is -0.250. The fraction of sp³-hybridized carbons (Fsp3) is 0.211. The maximum Gasteiger partial charge on any atom is 0.140 e. The Morgan fingerprint density at radius 2 is 1.54 bits per heavy atom. The number of rotatable bonds is 2. The molecule has 4 rings (SSSR count). The van der Waals surface area contributed by atoms with Gasteiger partial charge in [0.05, 0.1) is 17.9 Å². The lowest BCUT2D eigenvalue weighted by molar-refractivity contribution is 0.626. The first-order valence-corrected chi connectivity index (χ1v) is 7.93. The summed E-state index contributed by atoms with van der Waals surface area (Å²) in [4.78, 5) is 6.97. The number of fused-ring (bicyclic) bond motifs is 1. The van der Waals surface area contributed by atoms with Gasteiger partial charge in [0.25, 0.3) is 0 Å². The maximum atomic E-state index is 13.1. The first kappa shape index (κ1) is 14.9. The number of hydrogen-bond donors (Lipinski definition) is 0. The van der Waals surface area contributed by atoms with Gasteiger partial charge in [-0.15, -0.1) is 0 Å². The molecule has 0 spiro atoms. The molecule has 3 nitrogen and oxygen atoms in total. The third-order valence-electron chi connectivity index (χ3n) is 4.55. The third kappa shape index (κ3) is 2.56. The summed E-state index contributed by atoms with van der Waals surface area (Å²) in [6.45, 7) is 1.57. The van der Waals surface area contributed by atoms with Gasteiger partial charge in [-0.25, -0.2) is 13.8 Å². The van der Waals surface area contributed by atoms with Crippen LogP contribution in [-0.4, -0.2) is 16.1 Å². The van der Waals surface area contributed by atoms with Crippen LogP contribution >= 0.6 is 0 Å². The van der Waals surface area contributed by atoms with Crippen molar-refractivity contribution in [2.75, 3.05) is 11.4 Å². The van der Waals surface area contributed by atoms with Crippen LogP contribution in [0.3, 0.4) is 0 Å². The monoisotopic (exact) mass is 325 g/mol. The number of imidazole rings is 1. The molecule has 24 heavy (non-hydrogen) atoms. The summed E-state index contributed by atoms with van der Waals surface area (Å²) in [6.07, 6.45) is 0.835. The van der Waals surface area contributed by atoms with Crippen molar-refractivity contribution in [2.24, 2.45) is 7.05 Å². The van der Waals surface area contributed by atoms with Gasteiger partial charge in [0.15, 0.2) is 0 Å². The molecule has 122 valence electrons. The van der Waals surface area contributed by atoms with Gasteiger partial charge in [-0.2, -0.15) is 0 Å². The van der Waals surface area contributed by atoms with E-state index in [9.17, 15) is 8.78 Å². The van der Waals surface area contributed by atoms with Crippen LogP contribution in [0.25, 0.3) is 11.4 Å². The lowest BCUT2D eigenvalue weighted by Crippen LogP contribution is -2.31. The zero-order valence-corrected chi connectivity index (χ0v) is 13.3. The van der Waals surface area contributed by atoms with Crippen LogP contribution < -0.4 is 4.90 Å². The molecule has 0 amide bonds. The van der Waals surface area contributed by atoms with Crippen molar-refractivity contribution in [2.45, 2.75) is 13.0 Å². The Morgan fingerprint density at radius 1 is 0.917 bits per heavy atom. The summed E-state index contributed by atoms with van der Waals surface area (Å²) in [5, 5.41) is 0. The molecule has 3 aromatic rings. The van der Waals surface area contributed by atoms with Gasteiger partial charge in [0.2, 0.25) is 0 Å². The van der Waals surface area contributed by atoms with Crippen LogP contribution in [0.15, 0.2) is 48.5 Å². The summed E-state index contributed by atoms with van der Waals surface area (Å²) in [5.41, 5.74) is 4.13. The Balaban J connectivity index is 1.66. The lowest BCUT2D eigenvalue weighted by Gasteiger charge is -2.29. The molecule has 0 bridgehead atoms. The highest BCUT2D eigenvalue weighted by Gasteiger charge is 2.23. The van der Waals surface area contributed by atoms with Crippen LogP contribution in [0.4, 0.5) is 14.5 Å². The van der Waals surface area contributed by atoms with Crippen molar-refractivity contribution >= 4 is 5.69 Å². The summed E-state index contributed by atoms with van der Waals surface area (Å²) in [7, 11) is 1.98. The van der Waals surface area contributed by atoms with Gasteiger partial charge < -0.3 is 9.47 Å². The van der Waals surface area contributed by atoms with Gasteiger partial charge in [-0.05, 0) is 48.5 Å². The first-order chi connectivity index (χ1) is 11.6. The summed E-state index contributed by atoms with van der Waals surface area (Å²) in [5.74, 6) is 0.372. The quantitative estimate of drug-likeness (QED) is 0.712. The number of aromatic nitrogens is 2. The molecule has 2 aromatic carbocycles. The zero-order chi connectivity index (χ0) is 16.7. The molecule has 0 saturated heterocycles. The molecule has 1 aromatic heterocycles. The Bertz CT molecular complexity index is 867. The van der Waals surface area contributed by atoms with Crippen molar-refractivity contribution in [1.82, 2.24) is 9.55 Å². The Morgan fingerprint density at radius 3 is 2.21 bits per heavy atom. The molecule has 1 aliphatic rings. The third-order valence-corrected chi connectivity index (χ3v) is 4.55. The van der Waals surface area contributed by atoms with Crippen molar-refractivity contribution in [1.29, 1.82) is 0 Å². The van der Waals surface area contributed by atoms with E-state index < -0.39 is 0 Å². The SMILES string of the molecule is Cn1c(-c2ccc(F)cc2)nc2c1CN(c1ccc(F)cc1)CC2. The van der Waals surface area contributed by atoms with Gasteiger partial charge >= 0.3 is 0 Å². The molecule has 5 heteroatoms. The highest BCUT2D eigenvalue weighted by Crippen LogP contribution is 2.28. The molecule has 0 radical (unpaired) electrons. The van der Waals surface area contributed by atoms with Gasteiger partial charge in [0.1, 0.15) is 17.5 Å². The molecule has 0 unspecified atom stereocenters. The molecule has 0 aliphatic carbocycles. The van der Waals surface area contributed by atoms with E-state index in [-0.39, 0.29) is 11.6 Å².